The molecule has 4 heteroatoms. The lowest BCUT2D eigenvalue weighted by Crippen LogP contribution is -2.53. The Morgan fingerprint density at radius 2 is 0.800 bits per heavy atom. The zero-order valence-corrected chi connectivity index (χ0v) is 24.1. The molecule has 8 fully saturated rings. The molecule has 0 amide bonds. The zero-order chi connectivity index (χ0) is 26.9. The van der Waals surface area contributed by atoms with E-state index in [0.29, 0.717) is 24.7 Å². The van der Waals surface area contributed by atoms with E-state index >= 15 is 0 Å². The molecule has 2 heterocycles. The molecule has 0 aromatic carbocycles. The molecule has 8 aliphatic rings. The molecular formula is C36H46N2O2+2. The quantitative estimate of drug-likeness (QED) is 0.389. The van der Waals surface area contributed by atoms with Crippen molar-refractivity contribution in [2.45, 2.75) is 103 Å². The fourth-order valence-electron chi connectivity index (χ4n) is 11.4. The van der Waals surface area contributed by atoms with Crippen LogP contribution >= 0.6 is 0 Å². The summed E-state index contributed by atoms with van der Waals surface area (Å²) in [6, 6.07) is 8.78. The van der Waals surface area contributed by atoms with Crippen LogP contribution in [-0.4, -0.2) is 11.6 Å². The van der Waals surface area contributed by atoms with Gasteiger partial charge in [0.1, 0.15) is 0 Å². The third kappa shape index (κ3) is 4.58. The van der Waals surface area contributed by atoms with Gasteiger partial charge in [-0.25, -0.2) is 0 Å². The zero-order valence-electron chi connectivity index (χ0n) is 24.1. The molecule has 8 bridgehead atoms. The van der Waals surface area contributed by atoms with Gasteiger partial charge in [0, 0.05) is 35.1 Å². The van der Waals surface area contributed by atoms with Crippen LogP contribution in [0.5, 0.6) is 0 Å². The largest absolute Gasteiger partial charge is 0.292 e. The number of nitrogens with zero attached hydrogens (tertiary/aromatic N) is 2. The van der Waals surface area contributed by atoms with Crippen LogP contribution in [0.3, 0.4) is 0 Å². The number of ketones is 2. The Bertz CT molecular complexity index is 1120. The summed E-state index contributed by atoms with van der Waals surface area (Å²) in [7, 11) is 0. The van der Waals surface area contributed by atoms with Gasteiger partial charge >= 0.3 is 0 Å². The van der Waals surface area contributed by atoms with Gasteiger partial charge in [-0.15, -0.1) is 0 Å². The normalized spacial score (nSPS) is 38.6. The van der Waals surface area contributed by atoms with Crippen LogP contribution in [0.25, 0.3) is 0 Å². The maximum atomic E-state index is 13.5. The predicted octanol–water partition coefficient (Wildman–Crippen LogP) is 5.62. The minimum Gasteiger partial charge on any atom is -0.292 e. The lowest BCUT2D eigenvalue weighted by Gasteiger charge is -2.55. The molecule has 0 atom stereocenters. The lowest BCUT2D eigenvalue weighted by atomic mass is 9.48. The minimum absolute atomic E-state index is 0.00947. The first-order valence-electron chi connectivity index (χ1n) is 16.4. The maximum Gasteiger partial charge on any atom is 0.207 e. The SMILES string of the molecule is O=C(C[n+]1ccc(CCc2cc[n+](CC(=O)C34CC5CC(CC(C5)C3)C4)cc2)cc1)C12CC3CC(CC(C3)C1)C2. The third-order valence-electron chi connectivity index (χ3n) is 12.5. The average Bonchev–Trinajstić information content (AvgIpc) is 2.92. The molecule has 0 radical (unpaired) electrons. The predicted molar refractivity (Wildman–Crippen MR) is 152 cm³/mol. The summed E-state index contributed by atoms with van der Waals surface area (Å²) >= 11 is 0. The Morgan fingerprint density at radius 1 is 0.525 bits per heavy atom. The fourth-order valence-corrected chi connectivity index (χ4v) is 11.4. The fraction of sp³-hybridized carbons (Fsp3) is 0.667. The number of rotatable bonds is 9. The van der Waals surface area contributed by atoms with Crippen molar-refractivity contribution in [1.29, 1.82) is 0 Å². The summed E-state index contributed by atoms with van der Waals surface area (Å²) in [5.74, 6) is 5.88. The first-order valence-corrected chi connectivity index (χ1v) is 16.4. The highest BCUT2D eigenvalue weighted by Gasteiger charge is 2.56. The Balaban J connectivity index is 0.843. The van der Waals surface area contributed by atoms with Gasteiger partial charge in [-0.2, -0.15) is 9.13 Å². The standard InChI is InChI=1S/C36H46N2O2/c39-33(35-17-27-11-28(18-35)13-29(12-27)19-35)23-37-7-3-25(4-8-37)1-2-26-5-9-38(10-6-26)24-34(40)36-20-30-14-31(21-36)16-32(15-30)22-36/h3-10,27-32H,1-2,11-24H2/q+2. The first kappa shape index (κ1) is 25.4. The lowest BCUT2D eigenvalue weighted by molar-refractivity contribution is -0.685. The second-order valence-electron chi connectivity index (χ2n) is 15.5. The van der Waals surface area contributed by atoms with Gasteiger partial charge in [-0.05, 0) is 137 Å². The molecular weight excluding hydrogens is 492 g/mol. The van der Waals surface area contributed by atoms with Crippen molar-refractivity contribution in [3.8, 4) is 0 Å². The van der Waals surface area contributed by atoms with Gasteiger partial charge in [0.2, 0.25) is 24.7 Å². The number of pyridine rings is 2. The van der Waals surface area contributed by atoms with Crippen LogP contribution < -0.4 is 9.13 Å². The molecule has 8 saturated carbocycles. The highest BCUT2D eigenvalue weighted by Crippen LogP contribution is 2.61. The van der Waals surface area contributed by atoms with Gasteiger partial charge in [-0.3, -0.25) is 9.59 Å². The summed E-state index contributed by atoms with van der Waals surface area (Å²) in [5, 5.41) is 0. The summed E-state index contributed by atoms with van der Waals surface area (Å²) in [6.45, 7) is 1.07. The molecule has 10 rings (SSSR count). The molecule has 2 aromatic heterocycles. The van der Waals surface area contributed by atoms with Crippen LogP contribution in [-0.2, 0) is 35.5 Å². The topological polar surface area (TPSA) is 41.9 Å². The monoisotopic (exact) mass is 538 g/mol. The van der Waals surface area contributed by atoms with Crippen molar-refractivity contribution in [2.75, 3.05) is 0 Å². The van der Waals surface area contributed by atoms with E-state index < -0.39 is 0 Å². The number of aryl methyl sites for hydroxylation is 2. The van der Waals surface area contributed by atoms with E-state index in [0.717, 1.165) is 86.9 Å². The number of hydrogen-bond donors (Lipinski definition) is 0. The summed E-state index contributed by atoms with van der Waals surface area (Å²) in [4.78, 5) is 26.9. The molecule has 2 aromatic rings. The highest BCUT2D eigenvalue weighted by atomic mass is 16.1. The highest BCUT2D eigenvalue weighted by molar-refractivity contribution is 5.84. The Labute approximate surface area is 239 Å². The molecule has 0 aliphatic heterocycles. The average molecular weight is 539 g/mol. The number of carbonyl (C=O) groups is 2. The number of hydrogen-bond acceptors (Lipinski definition) is 2. The number of Topliss-reactive ketones (excluding diaryl/α,β-unsaturated/α-hetero) is 2. The van der Waals surface area contributed by atoms with Gasteiger partial charge in [0.05, 0.1) is 0 Å². The van der Waals surface area contributed by atoms with Crippen molar-refractivity contribution < 1.29 is 18.7 Å². The second-order valence-corrected chi connectivity index (χ2v) is 15.5. The molecule has 0 spiro atoms. The van der Waals surface area contributed by atoms with E-state index in [1.54, 1.807) is 0 Å². The summed E-state index contributed by atoms with van der Waals surface area (Å²) in [5.41, 5.74) is 2.61. The van der Waals surface area contributed by atoms with E-state index in [1.807, 2.05) is 0 Å². The van der Waals surface area contributed by atoms with E-state index in [9.17, 15) is 9.59 Å². The first-order chi connectivity index (χ1) is 19.4. The van der Waals surface area contributed by atoms with Crippen molar-refractivity contribution in [1.82, 2.24) is 0 Å². The van der Waals surface area contributed by atoms with Gasteiger partial charge < -0.3 is 0 Å². The minimum atomic E-state index is -0.00947. The molecule has 40 heavy (non-hydrogen) atoms. The molecule has 8 aliphatic carbocycles. The Hall–Kier alpha value is -2.36. The Morgan fingerprint density at radius 3 is 1.07 bits per heavy atom. The molecule has 210 valence electrons. The van der Waals surface area contributed by atoms with Crippen molar-refractivity contribution in [2.24, 2.45) is 46.3 Å². The molecule has 0 saturated heterocycles. The van der Waals surface area contributed by atoms with Gasteiger partial charge in [-0.1, -0.05) is 0 Å². The van der Waals surface area contributed by atoms with Crippen LogP contribution in [0, 0.1) is 46.3 Å². The molecule has 4 nitrogen and oxygen atoms in total. The summed E-state index contributed by atoms with van der Waals surface area (Å²) in [6.07, 6.45) is 25.7. The van der Waals surface area contributed by atoms with Gasteiger partial charge in [0.25, 0.3) is 0 Å². The maximum absolute atomic E-state index is 13.5. The van der Waals surface area contributed by atoms with E-state index in [-0.39, 0.29) is 10.8 Å². The Kier molecular flexibility index (Phi) is 6.08. The van der Waals surface area contributed by atoms with Crippen molar-refractivity contribution in [3.63, 3.8) is 0 Å². The molecule has 0 unspecified atom stereocenters. The van der Waals surface area contributed by atoms with Gasteiger partial charge in [0.15, 0.2) is 24.8 Å². The van der Waals surface area contributed by atoms with Crippen LogP contribution in [0.2, 0.25) is 0 Å². The van der Waals surface area contributed by atoms with E-state index in [4.69, 9.17) is 0 Å². The van der Waals surface area contributed by atoms with Crippen LogP contribution in [0.1, 0.15) is 88.2 Å². The van der Waals surface area contributed by atoms with E-state index in [1.165, 1.54) is 49.7 Å². The molecule has 0 N–H and O–H groups in total. The van der Waals surface area contributed by atoms with Crippen molar-refractivity contribution in [3.05, 3.63) is 60.2 Å². The second kappa shape index (κ2) is 9.60. The van der Waals surface area contributed by atoms with Crippen molar-refractivity contribution >= 4 is 11.6 Å². The number of aromatic nitrogens is 2. The van der Waals surface area contributed by atoms with E-state index in [2.05, 4.69) is 58.2 Å². The smallest absolute Gasteiger partial charge is 0.207 e. The van der Waals surface area contributed by atoms with Crippen LogP contribution in [0.15, 0.2) is 49.1 Å². The third-order valence-corrected chi connectivity index (χ3v) is 12.5. The van der Waals surface area contributed by atoms with Crippen LogP contribution in [0.4, 0.5) is 0 Å². The summed E-state index contributed by atoms with van der Waals surface area (Å²) < 4.78 is 4.22. The number of carbonyl (C=O) groups excluding carboxylic acids is 2.